The molecule has 3 aromatic rings. The molecule has 0 aliphatic heterocycles. The number of nitrogens with one attached hydrogen (secondary N) is 1. The van der Waals surface area contributed by atoms with Gasteiger partial charge in [0.1, 0.15) is 5.75 Å². The molecule has 0 aliphatic rings. The van der Waals surface area contributed by atoms with Gasteiger partial charge in [0.05, 0.1) is 30.1 Å². The Morgan fingerprint density at radius 3 is 2.52 bits per heavy atom. The van der Waals surface area contributed by atoms with Crippen LogP contribution < -0.4 is 10.1 Å². The minimum atomic E-state index is -0.163. The maximum atomic E-state index is 12.6. The van der Waals surface area contributed by atoms with Crippen molar-refractivity contribution in [2.45, 2.75) is 20.4 Å². The predicted molar refractivity (Wildman–Crippen MR) is 121 cm³/mol. The lowest BCUT2D eigenvalue weighted by atomic mass is 10.2. The number of rotatable bonds is 9. The number of aromatic nitrogens is 2. The van der Waals surface area contributed by atoms with Crippen LogP contribution in [0.15, 0.2) is 54.6 Å². The minimum Gasteiger partial charge on any atom is -0.439 e. The first-order valence-corrected chi connectivity index (χ1v) is 10.5. The van der Waals surface area contributed by atoms with Crippen LogP contribution in [0.5, 0.6) is 11.6 Å². The van der Waals surface area contributed by atoms with Crippen LogP contribution in [0.3, 0.4) is 0 Å². The zero-order chi connectivity index (χ0) is 22.2. The maximum Gasteiger partial charge on any atom is 0.317 e. The molecule has 2 aromatic carbocycles. The Kier molecular flexibility index (Phi) is 7.92. The average molecular weight is 443 g/mol. The molecule has 0 unspecified atom stereocenters. The molecule has 0 saturated heterocycles. The Morgan fingerprint density at radius 1 is 1.16 bits per heavy atom. The van der Waals surface area contributed by atoms with E-state index in [2.05, 4.69) is 5.32 Å². The van der Waals surface area contributed by atoms with Gasteiger partial charge < -0.3 is 19.7 Å². The maximum absolute atomic E-state index is 12.6. The van der Waals surface area contributed by atoms with E-state index in [1.807, 2.05) is 44.2 Å². The lowest BCUT2D eigenvalue weighted by Gasteiger charge is -2.23. The van der Waals surface area contributed by atoms with Crippen LogP contribution in [0.2, 0.25) is 5.02 Å². The van der Waals surface area contributed by atoms with E-state index in [0.29, 0.717) is 42.9 Å². The second-order valence-corrected chi connectivity index (χ2v) is 7.36. The molecule has 0 spiro atoms. The lowest BCUT2D eigenvalue weighted by molar-refractivity contribution is 0.146. The van der Waals surface area contributed by atoms with E-state index in [-0.39, 0.29) is 6.03 Å². The summed E-state index contributed by atoms with van der Waals surface area (Å²) >= 11 is 6.02. The van der Waals surface area contributed by atoms with Gasteiger partial charge in [-0.1, -0.05) is 29.8 Å². The summed E-state index contributed by atoms with van der Waals surface area (Å²) in [5, 5.41) is 8.19. The van der Waals surface area contributed by atoms with E-state index in [1.165, 1.54) is 0 Å². The molecular formula is C23H27ClN4O3. The van der Waals surface area contributed by atoms with Crippen LogP contribution in [0.25, 0.3) is 5.69 Å². The number of hydrogen-bond donors (Lipinski definition) is 1. The highest BCUT2D eigenvalue weighted by molar-refractivity contribution is 6.30. The zero-order valence-corrected chi connectivity index (χ0v) is 18.7. The fourth-order valence-electron chi connectivity index (χ4n) is 3.09. The molecule has 0 radical (unpaired) electrons. The van der Waals surface area contributed by atoms with Gasteiger partial charge in [-0.25, -0.2) is 9.48 Å². The van der Waals surface area contributed by atoms with Gasteiger partial charge >= 0.3 is 6.03 Å². The van der Waals surface area contributed by atoms with Gasteiger partial charge in [-0.15, -0.1) is 0 Å². The third-order valence-electron chi connectivity index (χ3n) is 4.70. The number of nitrogens with zero attached hydrogens (tertiary/aromatic N) is 3. The first-order chi connectivity index (χ1) is 15.0. The number of amides is 2. The second-order valence-electron chi connectivity index (χ2n) is 6.92. The van der Waals surface area contributed by atoms with E-state index in [4.69, 9.17) is 26.2 Å². The summed E-state index contributed by atoms with van der Waals surface area (Å²) in [6.45, 7) is 5.54. The number of urea groups is 1. The summed E-state index contributed by atoms with van der Waals surface area (Å²) < 4.78 is 13.2. The number of carbonyl (C=O) groups excluding carboxylic acids is 1. The number of halogens is 1. The minimum absolute atomic E-state index is 0.163. The summed E-state index contributed by atoms with van der Waals surface area (Å²) in [7, 11) is 1.61. The van der Waals surface area contributed by atoms with Gasteiger partial charge in [0, 0.05) is 25.2 Å². The number of benzene rings is 2. The van der Waals surface area contributed by atoms with Crippen LogP contribution in [0, 0.1) is 6.92 Å². The van der Waals surface area contributed by atoms with Gasteiger partial charge in [0.15, 0.2) is 0 Å². The Labute approximate surface area is 187 Å². The van der Waals surface area contributed by atoms with Crippen molar-refractivity contribution in [2.24, 2.45) is 0 Å². The monoisotopic (exact) mass is 442 g/mol. The third-order valence-corrected chi connectivity index (χ3v) is 4.95. The molecule has 1 heterocycles. The van der Waals surface area contributed by atoms with E-state index >= 15 is 0 Å². The van der Waals surface area contributed by atoms with Gasteiger partial charge in [0.25, 0.3) is 0 Å². The van der Waals surface area contributed by atoms with Crippen molar-refractivity contribution in [1.82, 2.24) is 20.0 Å². The van der Waals surface area contributed by atoms with Crippen molar-refractivity contribution in [3.8, 4) is 17.3 Å². The summed E-state index contributed by atoms with van der Waals surface area (Å²) in [5.74, 6) is 1.18. The largest absolute Gasteiger partial charge is 0.439 e. The number of carbonyl (C=O) groups is 1. The Bertz CT molecular complexity index is 990. The highest BCUT2D eigenvalue weighted by atomic mass is 35.5. The third kappa shape index (κ3) is 5.77. The van der Waals surface area contributed by atoms with Crippen LogP contribution >= 0.6 is 11.6 Å². The van der Waals surface area contributed by atoms with Crippen LogP contribution in [-0.2, 0) is 11.3 Å². The number of aryl methyl sites for hydroxylation is 1. The van der Waals surface area contributed by atoms with E-state index in [1.54, 1.807) is 41.0 Å². The topological polar surface area (TPSA) is 68.6 Å². The standard InChI is InChI=1S/C23H27ClN4O3/c1-4-25-23(29)27(14-15-30-3)16-21-17(2)26-28(19-8-6-5-7-9-19)22(21)31-20-12-10-18(24)11-13-20/h5-13H,4,14-16H2,1-3H3,(H,25,29). The normalized spacial score (nSPS) is 10.7. The van der Waals surface area contributed by atoms with Gasteiger partial charge in [-0.05, 0) is 50.2 Å². The van der Waals surface area contributed by atoms with Crippen molar-refractivity contribution in [3.63, 3.8) is 0 Å². The highest BCUT2D eigenvalue weighted by Crippen LogP contribution is 2.32. The SMILES string of the molecule is CCNC(=O)N(CCOC)Cc1c(C)nn(-c2ccccc2)c1Oc1ccc(Cl)cc1. The van der Waals surface area contributed by atoms with Crippen molar-refractivity contribution >= 4 is 17.6 Å². The molecule has 31 heavy (non-hydrogen) atoms. The predicted octanol–water partition coefficient (Wildman–Crippen LogP) is 4.80. The summed E-state index contributed by atoms with van der Waals surface area (Å²) in [6.07, 6.45) is 0. The molecule has 0 saturated carbocycles. The number of ether oxygens (including phenoxy) is 2. The zero-order valence-electron chi connectivity index (χ0n) is 18.0. The van der Waals surface area contributed by atoms with Crippen LogP contribution in [0.4, 0.5) is 4.79 Å². The number of para-hydroxylation sites is 1. The van der Waals surface area contributed by atoms with Crippen molar-refractivity contribution in [2.75, 3.05) is 26.8 Å². The fourth-order valence-corrected chi connectivity index (χ4v) is 3.22. The molecule has 164 valence electrons. The van der Waals surface area contributed by atoms with E-state index in [9.17, 15) is 4.79 Å². The molecule has 0 bridgehead atoms. The molecule has 0 atom stereocenters. The first-order valence-electron chi connectivity index (χ1n) is 10.1. The summed E-state index contributed by atoms with van der Waals surface area (Å²) in [6, 6.07) is 16.7. The molecule has 7 nitrogen and oxygen atoms in total. The molecule has 3 rings (SSSR count). The molecule has 0 fully saturated rings. The molecule has 1 N–H and O–H groups in total. The fraction of sp³-hybridized carbons (Fsp3) is 0.304. The highest BCUT2D eigenvalue weighted by Gasteiger charge is 2.23. The molecule has 2 amide bonds. The lowest BCUT2D eigenvalue weighted by Crippen LogP contribution is -2.41. The van der Waals surface area contributed by atoms with Gasteiger partial charge in [0.2, 0.25) is 5.88 Å². The van der Waals surface area contributed by atoms with E-state index < -0.39 is 0 Å². The van der Waals surface area contributed by atoms with Crippen molar-refractivity contribution in [3.05, 3.63) is 70.9 Å². The molecule has 8 heteroatoms. The van der Waals surface area contributed by atoms with Gasteiger partial charge in [-0.3, -0.25) is 0 Å². The van der Waals surface area contributed by atoms with Crippen molar-refractivity contribution < 1.29 is 14.3 Å². The smallest absolute Gasteiger partial charge is 0.317 e. The van der Waals surface area contributed by atoms with Crippen LogP contribution in [0.1, 0.15) is 18.2 Å². The van der Waals surface area contributed by atoms with E-state index in [0.717, 1.165) is 16.9 Å². The Hall–Kier alpha value is -3.03. The first kappa shape index (κ1) is 22.7. The number of hydrogen-bond acceptors (Lipinski definition) is 4. The number of methoxy groups -OCH3 is 1. The second kappa shape index (κ2) is 10.8. The molecular weight excluding hydrogens is 416 g/mol. The summed E-state index contributed by atoms with van der Waals surface area (Å²) in [5.41, 5.74) is 2.46. The molecule has 0 aliphatic carbocycles. The average Bonchev–Trinajstić information content (AvgIpc) is 3.08. The Balaban J connectivity index is 2.02. The van der Waals surface area contributed by atoms with Crippen LogP contribution in [-0.4, -0.2) is 47.5 Å². The van der Waals surface area contributed by atoms with Crippen molar-refractivity contribution in [1.29, 1.82) is 0 Å². The summed E-state index contributed by atoms with van der Waals surface area (Å²) in [4.78, 5) is 14.3. The van der Waals surface area contributed by atoms with Gasteiger partial charge in [-0.2, -0.15) is 5.10 Å². The quantitative estimate of drug-likeness (QED) is 0.516. The Morgan fingerprint density at radius 2 is 1.87 bits per heavy atom. The molecule has 1 aromatic heterocycles.